The topological polar surface area (TPSA) is 102 Å². The number of hydrogen-bond acceptors (Lipinski definition) is 5. The summed E-state index contributed by atoms with van der Waals surface area (Å²) in [5.74, 6) is 0.0609. The van der Waals surface area contributed by atoms with Gasteiger partial charge in [0.05, 0.1) is 11.8 Å². The van der Waals surface area contributed by atoms with Crippen LogP contribution in [0, 0.1) is 0 Å². The Balaban J connectivity index is 1.58. The molecule has 8 nitrogen and oxygen atoms in total. The first-order valence-electron chi connectivity index (χ1n) is 9.73. The number of aliphatic hydroxyl groups is 1. The van der Waals surface area contributed by atoms with E-state index in [-0.39, 0.29) is 42.7 Å². The van der Waals surface area contributed by atoms with Crippen LogP contribution >= 0.6 is 0 Å². The number of carbonyl (C=O) groups is 1. The van der Waals surface area contributed by atoms with Gasteiger partial charge in [0.1, 0.15) is 12.1 Å². The van der Waals surface area contributed by atoms with Crippen LogP contribution < -0.4 is 10.9 Å². The molecule has 2 saturated carbocycles. The Morgan fingerprint density at radius 2 is 2.00 bits per heavy atom. The molecule has 2 aliphatic carbocycles. The van der Waals surface area contributed by atoms with Crippen molar-refractivity contribution < 1.29 is 23.1 Å². The molecule has 0 aliphatic heterocycles. The molecule has 1 amide bonds. The maximum absolute atomic E-state index is 12.8. The quantitative estimate of drug-likeness (QED) is 0.712. The summed E-state index contributed by atoms with van der Waals surface area (Å²) in [5.41, 5.74) is 0.440. The fourth-order valence-corrected chi connectivity index (χ4v) is 3.51. The summed E-state index contributed by atoms with van der Waals surface area (Å²) in [6.07, 6.45) is -3.01. The van der Waals surface area contributed by atoms with E-state index >= 15 is 0 Å². The van der Waals surface area contributed by atoms with Gasteiger partial charge in [0.15, 0.2) is 5.82 Å². The lowest BCUT2D eigenvalue weighted by molar-refractivity contribution is -0.135. The van der Waals surface area contributed by atoms with Crippen LogP contribution in [0.25, 0.3) is 5.52 Å². The van der Waals surface area contributed by atoms with Crippen molar-refractivity contribution in [3.05, 3.63) is 27.9 Å². The summed E-state index contributed by atoms with van der Waals surface area (Å²) >= 11 is 0. The third kappa shape index (κ3) is 4.60. The SMILES string of the molecule is O=C(Cn1nc(CCCC(F)(F)F)n2nc(C3CC3)cc2c1=O)NC1CC(O)C1. The lowest BCUT2D eigenvalue weighted by atomic mass is 9.89. The van der Waals surface area contributed by atoms with Gasteiger partial charge in [-0.2, -0.15) is 23.4 Å². The number of fused-ring (bicyclic) bond motifs is 1. The molecule has 0 spiro atoms. The number of rotatable bonds is 7. The predicted octanol–water partition coefficient (Wildman–Crippen LogP) is 1.29. The van der Waals surface area contributed by atoms with Gasteiger partial charge in [-0.05, 0) is 38.2 Å². The number of alkyl halides is 3. The van der Waals surface area contributed by atoms with Crippen LogP contribution in [-0.4, -0.2) is 48.7 Å². The Morgan fingerprint density at radius 3 is 2.62 bits per heavy atom. The van der Waals surface area contributed by atoms with E-state index in [1.807, 2.05) is 0 Å². The molecule has 11 heteroatoms. The second-order valence-corrected chi connectivity index (χ2v) is 7.88. The lowest BCUT2D eigenvalue weighted by Gasteiger charge is -2.31. The maximum Gasteiger partial charge on any atom is 0.389 e. The number of amides is 1. The molecular weight excluding hydrogens is 391 g/mol. The lowest BCUT2D eigenvalue weighted by Crippen LogP contribution is -2.48. The molecule has 158 valence electrons. The van der Waals surface area contributed by atoms with Crippen molar-refractivity contribution >= 4 is 11.4 Å². The molecule has 2 aromatic heterocycles. The molecule has 0 saturated heterocycles. The van der Waals surface area contributed by atoms with Gasteiger partial charge in [0.2, 0.25) is 5.91 Å². The third-order valence-electron chi connectivity index (χ3n) is 5.29. The zero-order chi connectivity index (χ0) is 20.8. The second kappa shape index (κ2) is 7.43. The summed E-state index contributed by atoms with van der Waals surface area (Å²) < 4.78 is 39.9. The smallest absolute Gasteiger partial charge is 0.389 e. The zero-order valence-corrected chi connectivity index (χ0v) is 15.7. The number of aromatic nitrogens is 4. The molecule has 2 N–H and O–H groups in total. The van der Waals surface area contributed by atoms with Crippen molar-refractivity contribution in [2.75, 3.05) is 0 Å². The van der Waals surface area contributed by atoms with E-state index in [0.717, 1.165) is 23.2 Å². The number of carbonyl (C=O) groups excluding carboxylic acids is 1. The average Bonchev–Trinajstić information content (AvgIpc) is 3.35. The number of nitrogens with zero attached hydrogens (tertiary/aromatic N) is 4. The minimum atomic E-state index is -4.27. The molecule has 0 unspecified atom stereocenters. The molecule has 29 heavy (non-hydrogen) atoms. The highest BCUT2D eigenvalue weighted by atomic mass is 19.4. The van der Waals surface area contributed by atoms with Gasteiger partial charge in [0.25, 0.3) is 5.56 Å². The summed E-state index contributed by atoms with van der Waals surface area (Å²) in [5, 5.41) is 20.5. The first kappa shape index (κ1) is 19.9. The highest BCUT2D eigenvalue weighted by molar-refractivity contribution is 5.76. The number of nitrogens with one attached hydrogen (secondary N) is 1. The van der Waals surface area contributed by atoms with Crippen molar-refractivity contribution in [1.82, 2.24) is 24.7 Å². The summed E-state index contributed by atoms with van der Waals surface area (Å²) in [4.78, 5) is 25.0. The van der Waals surface area contributed by atoms with Gasteiger partial charge >= 0.3 is 6.18 Å². The van der Waals surface area contributed by atoms with Gasteiger partial charge in [0, 0.05) is 24.8 Å². The Bertz CT molecular complexity index is 974. The van der Waals surface area contributed by atoms with Crippen LogP contribution in [0.15, 0.2) is 10.9 Å². The molecule has 2 fully saturated rings. The number of aryl methyl sites for hydroxylation is 1. The van der Waals surface area contributed by atoms with E-state index in [4.69, 9.17) is 0 Å². The minimum absolute atomic E-state index is 0.0154. The first-order valence-corrected chi connectivity index (χ1v) is 9.73. The molecule has 0 radical (unpaired) electrons. The highest BCUT2D eigenvalue weighted by Crippen LogP contribution is 2.39. The van der Waals surface area contributed by atoms with Gasteiger partial charge in [-0.3, -0.25) is 9.59 Å². The van der Waals surface area contributed by atoms with Crippen LogP contribution in [0.4, 0.5) is 13.2 Å². The standard InChI is InChI=1S/C18H22F3N5O3/c19-18(20,21)5-1-2-15-24-25(9-16(28)22-11-6-12(27)7-11)17(29)14-8-13(10-3-4-10)23-26(14)15/h8,10-12,27H,1-7,9H2,(H,22,28). The normalized spacial score (nSPS) is 21.9. The third-order valence-corrected chi connectivity index (χ3v) is 5.29. The molecule has 0 atom stereocenters. The number of halogens is 3. The molecule has 2 aliphatic rings. The summed E-state index contributed by atoms with van der Waals surface area (Å²) in [7, 11) is 0. The predicted molar refractivity (Wildman–Crippen MR) is 95.4 cm³/mol. The highest BCUT2D eigenvalue weighted by Gasteiger charge is 2.30. The fraction of sp³-hybridized carbons (Fsp3) is 0.667. The van der Waals surface area contributed by atoms with Crippen LogP contribution in [0.3, 0.4) is 0 Å². The maximum atomic E-state index is 12.8. The van der Waals surface area contributed by atoms with Crippen molar-refractivity contribution in [1.29, 1.82) is 0 Å². The van der Waals surface area contributed by atoms with Gasteiger partial charge in [-0.1, -0.05) is 0 Å². The largest absolute Gasteiger partial charge is 0.393 e. The van der Waals surface area contributed by atoms with Crippen molar-refractivity contribution in [2.45, 2.75) is 75.7 Å². The number of hydrogen-bond donors (Lipinski definition) is 2. The van der Waals surface area contributed by atoms with Crippen molar-refractivity contribution in [3.63, 3.8) is 0 Å². The van der Waals surface area contributed by atoms with E-state index in [9.17, 15) is 27.9 Å². The van der Waals surface area contributed by atoms with Crippen LogP contribution in [0.1, 0.15) is 56.0 Å². The monoisotopic (exact) mass is 413 g/mol. The Morgan fingerprint density at radius 1 is 1.28 bits per heavy atom. The molecule has 0 bridgehead atoms. The zero-order valence-electron chi connectivity index (χ0n) is 15.7. The number of aliphatic hydroxyl groups excluding tert-OH is 1. The van der Waals surface area contributed by atoms with Crippen molar-refractivity contribution in [3.8, 4) is 0 Å². The second-order valence-electron chi connectivity index (χ2n) is 7.88. The Hall–Kier alpha value is -2.43. The van der Waals surface area contributed by atoms with Crippen molar-refractivity contribution in [2.24, 2.45) is 0 Å². The van der Waals surface area contributed by atoms with E-state index in [1.54, 1.807) is 6.07 Å². The van der Waals surface area contributed by atoms with Gasteiger partial charge in [-0.25, -0.2) is 9.20 Å². The Labute approximate surface area is 163 Å². The Kier molecular flexibility index (Phi) is 5.09. The van der Waals surface area contributed by atoms with E-state index in [2.05, 4.69) is 15.5 Å². The van der Waals surface area contributed by atoms with Gasteiger partial charge in [-0.15, -0.1) is 0 Å². The van der Waals surface area contributed by atoms with Crippen LogP contribution in [0.5, 0.6) is 0 Å². The van der Waals surface area contributed by atoms with Crippen LogP contribution in [0.2, 0.25) is 0 Å². The van der Waals surface area contributed by atoms with Gasteiger partial charge < -0.3 is 10.4 Å². The first-order chi connectivity index (χ1) is 13.7. The average molecular weight is 413 g/mol. The summed E-state index contributed by atoms with van der Waals surface area (Å²) in [6.45, 7) is -0.335. The van der Waals surface area contributed by atoms with Crippen LogP contribution in [-0.2, 0) is 17.8 Å². The molecule has 2 aromatic rings. The molecule has 4 rings (SSSR count). The molecule has 2 heterocycles. The minimum Gasteiger partial charge on any atom is -0.393 e. The van der Waals surface area contributed by atoms with E-state index in [0.29, 0.717) is 12.8 Å². The summed E-state index contributed by atoms with van der Waals surface area (Å²) in [6, 6.07) is 1.51. The molecular formula is C18H22F3N5O3. The fourth-order valence-electron chi connectivity index (χ4n) is 3.51. The molecule has 0 aromatic carbocycles. The van der Waals surface area contributed by atoms with E-state index in [1.165, 1.54) is 4.52 Å². The van der Waals surface area contributed by atoms with E-state index < -0.39 is 30.2 Å².